The topological polar surface area (TPSA) is 51.8 Å². The molecule has 0 bridgehead atoms. The van der Waals surface area contributed by atoms with Crippen LogP contribution in [0.5, 0.6) is 0 Å². The maximum atomic E-state index is 5.61. The Balaban J connectivity index is 2.66. The molecule has 0 saturated heterocycles. The Kier molecular flexibility index (Phi) is 3.54. The van der Waals surface area contributed by atoms with Crippen molar-refractivity contribution in [1.29, 1.82) is 0 Å². The van der Waals surface area contributed by atoms with Crippen molar-refractivity contribution in [2.45, 2.75) is 31.8 Å². The number of nitrogen functional groups attached to an aromatic ring is 1. The van der Waals surface area contributed by atoms with Crippen molar-refractivity contribution in [3.63, 3.8) is 0 Å². The van der Waals surface area contributed by atoms with Crippen LogP contribution in [0.25, 0.3) is 0 Å². The largest absolute Gasteiger partial charge is 0.384 e. The first kappa shape index (κ1) is 10.3. The number of nitrogens with zero attached hydrogens (tertiary/aromatic N) is 2. The van der Waals surface area contributed by atoms with Gasteiger partial charge >= 0.3 is 0 Å². The van der Waals surface area contributed by atoms with Crippen LogP contribution in [-0.4, -0.2) is 15.2 Å². The summed E-state index contributed by atoms with van der Waals surface area (Å²) in [6.07, 6.45) is 0. The lowest BCUT2D eigenvalue weighted by Crippen LogP contribution is -2.01. The highest BCUT2D eigenvalue weighted by atomic mass is 32.2. The van der Waals surface area contributed by atoms with E-state index in [4.69, 9.17) is 5.73 Å². The third-order valence-corrected chi connectivity index (χ3v) is 2.56. The first-order chi connectivity index (χ1) is 6.08. The smallest absolute Gasteiger partial charge is 0.140 e. The number of aryl methyl sites for hydroxylation is 1. The van der Waals surface area contributed by atoms with Gasteiger partial charge in [-0.25, -0.2) is 9.97 Å². The normalized spacial score (nSPS) is 10.8. The minimum atomic E-state index is 0.562. The molecule has 0 aromatic carbocycles. The van der Waals surface area contributed by atoms with E-state index in [1.807, 2.05) is 18.7 Å². The number of nitrogens with two attached hydrogens (primary N) is 1. The van der Waals surface area contributed by atoms with Crippen molar-refractivity contribution < 1.29 is 0 Å². The summed E-state index contributed by atoms with van der Waals surface area (Å²) in [7, 11) is 0. The number of hydrogen-bond acceptors (Lipinski definition) is 4. The van der Waals surface area contributed by atoms with Gasteiger partial charge in [-0.3, -0.25) is 0 Å². The fourth-order valence-electron chi connectivity index (χ4n) is 0.962. The summed E-state index contributed by atoms with van der Waals surface area (Å²) in [6, 6.07) is 1.78. The molecule has 0 amide bonds. The Hall–Kier alpha value is -0.770. The number of thioether (sulfide) groups is 1. The minimum Gasteiger partial charge on any atom is -0.384 e. The van der Waals surface area contributed by atoms with Crippen LogP contribution in [0.3, 0.4) is 0 Å². The molecule has 3 nitrogen and oxygen atoms in total. The van der Waals surface area contributed by atoms with Crippen LogP contribution in [0.15, 0.2) is 6.07 Å². The molecule has 2 N–H and O–H groups in total. The second kappa shape index (κ2) is 4.46. The highest BCUT2D eigenvalue weighted by molar-refractivity contribution is 7.99. The van der Waals surface area contributed by atoms with E-state index in [2.05, 4.69) is 23.8 Å². The molecule has 0 fully saturated rings. The number of hydrogen-bond donors (Lipinski definition) is 1. The summed E-state index contributed by atoms with van der Waals surface area (Å²) < 4.78 is 0. The molecule has 0 aliphatic heterocycles. The van der Waals surface area contributed by atoms with Gasteiger partial charge in [0.15, 0.2) is 0 Å². The summed E-state index contributed by atoms with van der Waals surface area (Å²) >= 11 is 1.82. The standard InChI is InChI=1S/C9H15N3S/c1-6(2)13-5-9-11-7(3)4-8(10)12-9/h4,6H,5H2,1-3H3,(H2,10,11,12). The van der Waals surface area contributed by atoms with Crippen molar-refractivity contribution in [2.24, 2.45) is 0 Å². The van der Waals surface area contributed by atoms with E-state index < -0.39 is 0 Å². The SMILES string of the molecule is Cc1cc(N)nc(CSC(C)C)n1. The lowest BCUT2D eigenvalue weighted by Gasteiger charge is -2.04. The van der Waals surface area contributed by atoms with Gasteiger partial charge in [0.25, 0.3) is 0 Å². The van der Waals surface area contributed by atoms with E-state index in [1.54, 1.807) is 6.07 Å². The molecule has 0 atom stereocenters. The van der Waals surface area contributed by atoms with Gasteiger partial charge in [0, 0.05) is 11.8 Å². The molecule has 1 heterocycles. The van der Waals surface area contributed by atoms with Crippen molar-refractivity contribution >= 4 is 17.6 Å². The maximum Gasteiger partial charge on any atom is 0.140 e. The predicted molar refractivity (Wildman–Crippen MR) is 57.6 cm³/mol. The van der Waals surface area contributed by atoms with Crippen molar-refractivity contribution in [2.75, 3.05) is 5.73 Å². The zero-order valence-electron chi connectivity index (χ0n) is 8.24. The van der Waals surface area contributed by atoms with Crippen LogP contribution >= 0.6 is 11.8 Å². The van der Waals surface area contributed by atoms with Gasteiger partial charge in [-0.2, -0.15) is 11.8 Å². The monoisotopic (exact) mass is 197 g/mol. The van der Waals surface area contributed by atoms with Gasteiger partial charge in [0.2, 0.25) is 0 Å². The number of rotatable bonds is 3. The zero-order valence-corrected chi connectivity index (χ0v) is 9.06. The van der Waals surface area contributed by atoms with Crippen LogP contribution in [0, 0.1) is 6.92 Å². The molecule has 0 saturated carbocycles. The van der Waals surface area contributed by atoms with Crippen LogP contribution in [0.4, 0.5) is 5.82 Å². The van der Waals surface area contributed by atoms with E-state index in [1.165, 1.54) is 0 Å². The third kappa shape index (κ3) is 3.63. The molecule has 1 aromatic heterocycles. The molecule has 0 aliphatic carbocycles. The Morgan fingerprint density at radius 1 is 1.46 bits per heavy atom. The average Bonchev–Trinajstić information content (AvgIpc) is 1.99. The van der Waals surface area contributed by atoms with Crippen molar-refractivity contribution in [3.8, 4) is 0 Å². The highest BCUT2D eigenvalue weighted by Gasteiger charge is 2.01. The molecule has 0 aliphatic rings. The van der Waals surface area contributed by atoms with Crippen molar-refractivity contribution in [1.82, 2.24) is 9.97 Å². The van der Waals surface area contributed by atoms with Gasteiger partial charge in [-0.05, 0) is 12.2 Å². The summed E-state index contributed by atoms with van der Waals surface area (Å²) in [5.74, 6) is 2.23. The lowest BCUT2D eigenvalue weighted by atomic mass is 10.4. The molecule has 0 unspecified atom stereocenters. The molecule has 72 valence electrons. The Morgan fingerprint density at radius 3 is 2.69 bits per heavy atom. The van der Waals surface area contributed by atoms with Gasteiger partial charge in [-0.1, -0.05) is 13.8 Å². The van der Waals surface area contributed by atoms with Gasteiger partial charge < -0.3 is 5.73 Å². The molecule has 4 heteroatoms. The second-order valence-corrected chi connectivity index (χ2v) is 4.77. The van der Waals surface area contributed by atoms with E-state index in [9.17, 15) is 0 Å². The van der Waals surface area contributed by atoms with Crippen molar-refractivity contribution in [3.05, 3.63) is 17.6 Å². The van der Waals surface area contributed by atoms with Gasteiger partial charge in [0.05, 0.1) is 5.75 Å². The highest BCUT2D eigenvalue weighted by Crippen LogP contribution is 2.15. The lowest BCUT2D eigenvalue weighted by molar-refractivity contribution is 0.995. The minimum absolute atomic E-state index is 0.562. The average molecular weight is 197 g/mol. The summed E-state index contributed by atoms with van der Waals surface area (Å²) in [5.41, 5.74) is 6.54. The maximum absolute atomic E-state index is 5.61. The molecular weight excluding hydrogens is 182 g/mol. The quantitative estimate of drug-likeness (QED) is 0.805. The first-order valence-corrected chi connectivity index (χ1v) is 5.34. The van der Waals surface area contributed by atoms with Crippen LogP contribution < -0.4 is 5.73 Å². The Labute approximate surface area is 83.2 Å². The first-order valence-electron chi connectivity index (χ1n) is 4.29. The molecule has 1 rings (SSSR count). The van der Waals surface area contributed by atoms with Crippen LogP contribution in [-0.2, 0) is 5.75 Å². The molecule has 0 spiro atoms. The summed E-state index contributed by atoms with van der Waals surface area (Å²) in [5, 5.41) is 0.602. The predicted octanol–water partition coefficient (Wildman–Crippen LogP) is 2.01. The molecule has 13 heavy (non-hydrogen) atoms. The number of anilines is 1. The molecule has 0 radical (unpaired) electrons. The number of aromatic nitrogens is 2. The van der Waals surface area contributed by atoms with E-state index in [0.717, 1.165) is 17.3 Å². The summed E-state index contributed by atoms with van der Waals surface area (Å²) in [6.45, 7) is 6.25. The van der Waals surface area contributed by atoms with E-state index in [-0.39, 0.29) is 0 Å². The van der Waals surface area contributed by atoms with Gasteiger partial charge in [-0.15, -0.1) is 0 Å². The molecular formula is C9H15N3S. The Morgan fingerprint density at radius 2 is 2.15 bits per heavy atom. The van der Waals surface area contributed by atoms with Crippen LogP contribution in [0.2, 0.25) is 0 Å². The molecule has 1 aromatic rings. The Bertz CT molecular complexity index is 266. The van der Waals surface area contributed by atoms with Crippen LogP contribution in [0.1, 0.15) is 25.4 Å². The fraction of sp³-hybridized carbons (Fsp3) is 0.556. The summed E-state index contributed by atoms with van der Waals surface area (Å²) in [4.78, 5) is 8.45. The fourth-order valence-corrected chi connectivity index (χ4v) is 1.57. The third-order valence-electron chi connectivity index (χ3n) is 1.47. The van der Waals surface area contributed by atoms with E-state index in [0.29, 0.717) is 11.1 Å². The van der Waals surface area contributed by atoms with E-state index >= 15 is 0 Å². The van der Waals surface area contributed by atoms with Gasteiger partial charge in [0.1, 0.15) is 11.6 Å². The second-order valence-electron chi connectivity index (χ2n) is 3.21. The zero-order chi connectivity index (χ0) is 9.84.